The first-order chi connectivity index (χ1) is 18.2. The molecule has 1 atom stereocenters. The quantitative estimate of drug-likeness (QED) is 0.299. The van der Waals surface area contributed by atoms with Crippen molar-refractivity contribution in [1.82, 2.24) is 4.98 Å². The van der Waals surface area contributed by atoms with Gasteiger partial charge in [0.15, 0.2) is 6.29 Å². The van der Waals surface area contributed by atoms with Gasteiger partial charge in [0, 0.05) is 34.3 Å². The molecule has 6 nitrogen and oxygen atoms in total. The summed E-state index contributed by atoms with van der Waals surface area (Å²) in [7, 11) is 0. The first-order valence-corrected chi connectivity index (χ1v) is 11.8. The lowest BCUT2D eigenvalue weighted by Gasteiger charge is -2.23. The van der Waals surface area contributed by atoms with Gasteiger partial charge in [0.25, 0.3) is 0 Å². The van der Waals surface area contributed by atoms with Crippen LogP contribution in [-0.4, -0.2) is 41.3 Å². The van der Waals surface area contributed by atoms with Gasteiger partial charge in [-0.05, 0) is 48.4 Å². The molecule has 38 heavy (non-hydrogen) atoms. The maximum absolute atomic E-state index is 15.0. The van der Waals surface area contributed by atoms with Crippen LogP contribution in [0.4, 0.5) is 17.6 Å². The van der Waals surface area contributed by atoms with E-state index in [9.17, 15) is 27.8 Å². The molecule has 5 rings (SSSR count). The summed E-state index contributed by atoms with van der Waals surface area (Å²) in [5, 5.41) is 21.7. The molecule has 1 fully saturated rings. The molecule has 1 aliphatic rings. The molecule has 0 radical (unpaired) electrons. The Bertz CT molecular complexity index is 1440. The fourth-order valence-electron chi connectivity index (χ4n) is 4.33. The molecule has 1 aromatic heterocycles. The average Bonchev–Trinajstić information content (AvgIpc) is 2.91. The summed E-state index contributed by atoms with van der Waals surface area (Å²) in [5.74, 6) is -0.660. The summed E-state index contributed by atoms with van der Waals surface area (Å²) in [6.45, 7) is 1.38. The van der Waals surface area contributed by atoms with Crippen LogP contribution in [0.25, 0.3) is 22.0 Å². The van der Waals surface area contributed by atoms with Gasteiger partial charge in [0.1, 0.15) is 30.0 Å². The molecule has 10 heteroatoms. The zero-order valence-corrected chi connectivity index (χ0v) is 19.9. The third-order valence-electron chi connectivity index (χ3n) is 6.23. The zero-order valence-electron chi connectivity index (χ0n) is 19.9. The molecule has 1 aliphatic heterocycles. The molecule has 0 bridgehead atoms. The number of benzene rings is 3. The smallest absolute Gasteiger partial charge is 0.416 e. The van der Waals surface area contributed by atoms with Gasteiger partial charge in [0.2, 0.25) is 0 Å². The minimum absolute atomic E-state index is 0.0636. The van der Waals surface area contributed by atoms with E-state index < -0.39 is 30.0 Å². The van der Waals surface area contributed by atoms with Crippen LogP contribution >= 0.6 is 0 Å². The van der Waals surface area contributed by atoms with Crippen molar-refractivity contribution in [3.63, 3.8) is 0 Å². The fraction of sp³-hybridized carbons (Fsp3) is 0.250. The lowest BCUT2D eigenvalue weighted by molar-refractivity contribution is -0.191. The van der Waals surface area contributed by atoms with E-state index in [1.165, 1.54) is 24.4 Å². The van der Waals surface area contributed by atoms with E-state index in [-0.39, 0.29) is 29.0 Å². The Balaban J connectivity index is 1.51. The monoisotopic (exact) mass is 529 g/mol. The SMILES string of the molecule is Oc1ccc2c([C@H](O)c3ccc(OCC4OCCCO4)cc3)c(-c3ccc(C(F)(F)F)cc3F)cnc2c1. The maximum atomic E-state index is 15.0. The first-order valence-electron chi connectivity index (χ1n) is 11.8. The number of hydrogen-bond donors (Lipinski definition) is 2. The summed E-state index contributed by atoms with van der Waals surface area (Å²) in [5.41, 5.74) is -0.180. The number of aromatic hydroxyl groups is 1. The van der Waals surface area contributed by atoms with Crippen LogP contribution in [0.2, 0.25) is 0 Å². The second-order valence-electron chi connectivity index (χ2n) is 8.79. The number of rotatable bonds is 6. The summed E-state index contributed by atoms with van der Waals surface area (Å²) in [6, 6.07) is 13.0. The Morgan fingerprint density at radius 1 is 0.974 bits per heavy atom. The topological polar surface area (TPSA) is 81.0 Å². The van der Waals surface area contributed by atoms with E-state index in [1.807, 2.05) is 0 Å². The second-order valence-corrected chi connectivity index (χ2v) is 8.79. The fourth-order valence-corrected chi connectivity index (χ4v) is 4.33. The summed E-state index contributed by atoms with van der Waals surface area (Å²) >= 11 is 0. The Morgan fingerprint density at radius 2 is 1.71 bits per heavy atom. The van der Waals surface area contributed by atoms with Gasteiger partial charge in [-0.1, -0.05) is 18.2 Å². The van der Waals surface area contributed by atoms with Gasteiger partial charge in [0.05, 0.1) is 24.3 Å². The molecule has 1 saturated heterocycles. The number of alkyl halides is 3. The standard InChI is InChI=1S/C28H23F4NO5/c29-23-12-17(28(30,31)32)4-8-20(23)22-14-33-24-13-18(34)5-9-21(24)26(22)27(35)16-2-6-19(7-3-16)38-15-25-36-10-1-11-37-25/h2-9,12-14,25,27,34-35H,1,10-11,15H2/t27-/m1/s1. The van der Waals surface area contributed by atoms with Crippen LogP contribution in [0.15, 0.2) is 66.9 Å². The lowest BCUT2D eigenvalue weighted by atomic mass is 9.90. The highest BCUT2D eigenvalue weighted by Gasteiger charge is 2.32. The van der Waals surface area contributed by atoms with Gasteiger partial charge in [-0.3, -0.25) is 4.98 Å². The Morgan fingerprint density at radius 3 is 2.39 bits per heavy atom. The highest BCUT2D eigenvalue weighted by molar-refractivity contribution is 5.90. The van der Waals surface area contributed by atoms with Gasteiger partial charge in [-0.2, -0.15) is 13.2 Å². The van der Waals surface area contributed by atoms with Crippen molar-refractivity contribution in [3.8, 4) is 22.6 Å². The minimum atomic E-state index is -4.71. The van der Waals surface area contributed by atoms with Crippen molar-refractivity contribution >= 4 is 10.9 Å². The predicted molar refractivity (Wildman–Crippen MR) is 130 cm³/mol. The number of pyridine rings is 1. The van der Waals surface area contributed by atoms with Crippen LogP contribution in [0, 0.1) is 5.82 Å². The van der Waals surface area contributed by atoms with E-state index in [2.05, 4.69) is 4.98 Å². The van der Waals surface area contributed by atoms with Gasteiger partial charge < -0.3 is 24.4 Å². The average molecular weight is 529 g/mol. The van der Waals surface area contributed by atoms with E-state index in [1.54, 1.807) is 24.3 Å². The van der Waals surface area contributed by atoms with Crippen LogP contribution in [0.3, 0.4) is 0 Å². The van der Waals surface area contributed by atoms with Crippen molar-refractivity contribution in [2.75, 3.05) is 19.8 Å². The molecule has 4 aromatic rings. The number of aromatic nitrogens is 1. The number of phenolic OH excluding ortho intramolecular Hbond substituents is 1. The molecule has 0 spiro atoms. The first kappa shape index (κ1) is 25.9. The lowest BCUT2D eigenvalue weighted by Crippen LogP contribution is -2.30. The van der Waals surface area contributed by atoms with E-state index in [4.69, 9.17) is 14.2 Å². The second kappa shape index (κ2) is 10.6. The summed E-state index contributed by atoms with van der Waals surface area (Å²) < 4.78 is 70.9. The predicted octanol–water partition coefficient (Wildman–Crippen LogP) is 5.99. The van der Waals surface area contributed by atoms with E-state index in [0.717, 1.165) is 18.6 Å². The number of ether oxygens (including phenoxy) is 3. The molecular weight excluding hydrogens is 506 g/mol. The minimum Gasteiger partial charge on any atom is -0.508 e. The molecule has 198 valence electrons. The van der Waals surface area contributed by atoms with Crippen LogP contribution < -0.4 is 4.74 Å². The molecular formula is C28H23F4NO5. The Labute approximate surface area is 215 Å². The molecule has 2 heterocycles. The van der Waals surface area contributed by atoms with Crippen LogP contribution in [0.5, 0.6) is 11.5 Å². The van der Waals surface area contributed by atoms with E-state index >= 15 is 0 Å². The number of aliphatic hydroxyl groups is 1. The number of hydrogen-bond acceptors (Lipinski definition) is 6. The normalized spacial score (nSPS) is 15.5. The van der Waals surface area contributed by atoms with Crippen molar-refractivity contribution in [1.29, 1.82) is 0 Å². The largest absolute Gasteiger partial charge is 0.508 e. The number of fused-ring (bicyclic) bond motifs is 1. The highest BCUT2D eigenvalue weighted by Crippen LogP contribution is 2.40. The molecule has 0 unspecified atom stereocenters. The number of aliphatic hydroxyl groups excluding tert-OH is 1. The molecule has 0 aliphatic carbocycles. The molecule has 0 saturated carbocycles. The number of halogens is 4. The van der Waals surface area contributed by atoms with E-state index in [0.29, 0.717) is 41.5 Å². The van der Waals surface area contributed by atoms with Crippen LogP contribution in [0.1, 0.15) is 29.2 Å². The number of nitrogens with zero attached hydrogens (tertiary/aromatic N) is 1. The van der Waals surface area contributed by atoms with Crippen molar-refractivity contribution in [2.45, 2.75) is 25.0 Å². The van der Waals surface area contributed by atoms with Crippen LogP contribution in [-0.2, 0) is 15.7 Å². The summed E-state index contributed by atoms with van der Waals surface area (Å²) in [6.07, 6.45) is -4.38. The maximum Gasteiger partial charge on any atom is 0.416 e. The highest BCUT2D eigenvalue weighted by atomic mass is 19.4. The third kappa shape index (κ3) is 5.42. The number of phenols is 1. The van der Waals surface area contributed by atoms with Gasteiger partial charge in [-0.25, -0.2) is 4.39 Å². The molecule has 2 N–H and O–H groups in total. The zero-order chi connectivity index (χ0) is 26.9. The van der Waals surface area contributed by atoms with Crippen molar-refractivity contribution in [2.24, 2.45) is 0 Å². The molecule has 0 amide bonds. The Hall–Kier alpha value is -3.73. The van der Waals surface area contributed by atoms with Gasteiger partial charge >= 0.3 is 6.18 Å². The summed E-state index contributed by atoms with van der Waals surface area (Å²) in [4.78, 5) is 4.25. The van der Waals surface area contributed by atoms with Crippen molar-refractivity contribution in [3.05, 3.63) is 89.4 Å². The molecule has 3 aromatic carbocycles. The third-order valence-corrected chi connectivity index (χ3v) is 6.23. The Kier molecular flexibility index (Phi) is 7.20. The van der Waals surface area contributed by atoms with Gasteiger partial charge in [-0.15, -0.1) is 0 Å². The van der Waals surface area contributed by atoms with Crippen molar-refractivity contribution < 1.29 is 42.0 Å².